The van der Waals surface area contributed by atoms with E-state index in [1.54, 1.807) is 12.1 Å². The van der Waals surface area contributed by atoms with Crippen LogP contribution in [0, 0.1) is 0 Å². The predicted octanol–water partition coefficient (Wildman–Crippen LogP) is 6.20. The Morgan fingerprint density at radius 3 is 2.30 bits per heavy atom. The maximum Gasteiger partial charge on any atom is 0.336 e. The van der Waals surface area contributed by atoms with E-state index in [1.165, 1.54) is 0 Å². The molecule has 0 radical (unpaired) electrons. The molecule has 0 unspecified atom stereocenters. The second-order valence-corrected chi connectivity index (χ2v) is 10.6. The topological polar surface area (TPSA) is 64.1 Å². The van der Waals surface area contributed by atoms with Crippen LogP contribution in [0.2, 0.25) is 0 Å². The zero-order chi connectivity index (χ0) is 28.8. The van der Waals surface area contributed by atoms with E-state index >= 15 is 0 Å². The van der Waals surface area contributed by atoms with Gasteiger partial charge in [-0.15, -0.1) is 6.58 Å². The number of hydrogen-bond acceptors (Lipinski definition) is 4. The monoisotopic (exact) mass is 539 g/mol. The minimum absolute atomic E-state index is 0.0420. The number of carboxylic acids is 1. The molecule has 3 atom stereocenters. The van der Waals surface area contributed by atoms with Gasteiger partial charge < -0.3 is 10.0 Å². The summed E-state index contributed by atoms with van der Waals surface area (Å²) in [6.07, 6.45) is 1.96. The van der Waals surface area contributed by atoms with Crippen LogP contribution >= 0.6 is 0 Å². The number of piperazine rings is 1. The molecule has 1 saturated heterocycles. The van der Waals surface area contributed by atoms with E-state index in [4.69, 9.17) is 0 Å². The van der Waals surface area contributed by atoms with Crippen LogP contribution in [-0.2, 0) is 0 Å². The van der Waals surface area contributed by atoms with E-state index in [-0.39, 0.29) is 23.6 Å². The Morgan fingerprint density at radius 1 is 0.950 bits per heavy atom. The molecular weight excluding hydrogens is 498 g/mol. The highest BCUT2D eigenvalue weighted by molar-refractivity contribution is 5.96. The summed E-state index contributed by atoms with van der Waals surface area (Å²) in [5.41, 5.74) is 4.75. The quantitative estimate of drug-likeness (QED) is 0.311. The first-order valence-corrected chi connectivity index (χ1v) is 14.2. The van der Waals surface area contributed by atoms with E-state index in [0.29, 0.717) is 30.3 Å². The highest BCUT2D eigenvalue weighted by atomic mass is 16.4. The van der Waals surface area contributed by atoms with Crippen molar-refractivity contribution in [2.45, 2.75) is 45.8 Å². The van der Waals surface area contributed by atoms with Crippen LogP contribution in [0.25, 0.3) is 11.1 Å². The van der Waals surface area contributed by atoms with Gasteiger partial charge in [0.05, 0.1) is 11.6 Å². The third-order valence-electron chi connectivity index (χ3n) is 8.05. The number of rotatable bonds is 10. The molecule has 1 N–H and O–H groups in total. The van der Waals surface area contributed by atoms with Crippen LogP contribution < -0.4 is 0 Å². The van der Waals surface area contributed by atoms with E-state index in [2.05, 4.69) is 54.5 Å². The highest BCUT2D eigenvalue weighted by Gasteiger charge is 2.34. The van der Waals surface area contributed by atoms with Crippen molar-refractivity contribution in [3.05, 3.63) is 108 Å². The van der Waals surface area contributed by atoms with Crippen molar-refractivity contribution < 1.29 is 14.7 Å². The first-order chi connectivity index (χ1) is 19.3. The molecule has 0 spiro atoms. The number of carbonyl (C=O) groups is 2. The van der Waals surface area contributed by atoms with E-state index in [0.717, 1.165) is 36.3 Å². The first kappa shape index (κ1) is 29.2. The van der Waals surface area contributed by atoms with Crippen LogP contribution in [0.4, 0.5) is 0 Å². The summed E-state index contributed by atoms with van der Waals surface area (Å²) < 4.78 is 0. The molecule has 6 heteroatoms. The Labute approximate surface area is 238 Å². The summed E-state index contributed by atoms with van der Waals surface area (Å²) in [5, 5.41) is 9.81. The third-order valence-corrected chi connectivity index (χ3v) is 8.05. The largest absolute Gasteiger partial charge is 0.478 e. The third kappa shape index (κ3) is 6.19. The zero-order valence-corrected chi connectivity index (χ0v) is 24.1. The summed E-state index contributed by atoms with van der Waals surface area (Å²) >= 11 is 0. The van der Waals surface area contributed by atoms with Gasteiger partial charge in [-0.1, -0.05) is 54.6 Å². The molecular formula is C34H41N3O3. The fraction of sp³-hybridized carbons (Fsp3) is 0.353. The van der Waals surface area contributed by atoms with Gasteiger partial charge in [0.25, 0.3) is 5.91 Å². The summed E-state index contributed by atoms with van der Waals surface area (Å²) in [5.74, 6) is -0.896. The molecule has 0 bridgehead atoms. The van der Waals surface area contributed by atoms with Gasteiger partial charge in [0, 0.05) is 50.4 Å². The van der Waals surface area contributed by atoms with Crippen molar-refractivity contribution in [2.24, 2.45) is 0 Å². The van der Waals surface area contributed by atoms with Gasteiger partial charge in [-0.25, -0.2) is 4.79 Å². The normalized spacial score (nSPS) is 18.7. The van der Waals surface area contributed by atoms with E-state index in [1.807, 2.05) is 61.2 Å². The molecule has 3 aromatic rings. The Kier molecular flexibility index (Phi) is 9.56. The summed E-state index contributed by atoms with van der Waals surface area (Å²) in [6.45, 7) is 16.4. The Bertz CT molecular complexity index is 1330. The Morgan fingerprint density at radius 2 is 1.65 bits per heavy atom. The van der Waals surface area contributed by atoms with Crippen LogP contribution in [0.3, 0.4) is 0 Å². The lowest BCUT2D eigenvalue weighted by Crippen LogP contribution is -2.57. The maximum atomic E-state index is 13.0. The van der Waals surface area contributed by atoms with Gasteiger partial charge in [0.15, 0.2) is 0 Å². The fourth-order valence-corrected chi connectivity index (χ4v) is 5.88. The molecule has 1 fully saturated rings. The Balaban J connectivity index is 1.78. The number of carbonyl (C=O) groups excluding carboxylic acids is 1. The second-order valence-electron chi connectivity index (χ2n) is 10.6. The van der Waals surface area contributed by atoms with E-state index < -0.39 is 5.97 Å². The van der Waals surface area contributed by atoms with Crippen molar-refractivity contribution >= 4 is 11.9 Å². The molecule has 0 saturated carbocycles. The number of carboxylic acid groups (broad SMARTS) is 1. The van der Waals surface area contributed by atoms with Crippen LogP contribution in [0.1, 0.15) is 65.6 Å². The van der Waals surface area contributed by atoms with Crippen LogP contribution in [-0.4, -0.2) is 76.5 Å². The molecule has 1 amide bonds. The minimum Gasteiger partial charge on any atom is -0.478 e. The lowest BCUT2D eigenvalue weighted by atomic mass is 9.90. The van der Waals surface area contributed by atoms with Gasteiger partial charge >= 0.3 is 5.97 Å². The molecule has 4 rings (SSSR count). The second kappa shape index (κ2) is 13.1. The average Bonchev–Trinajstić information content (AvgIpc) is 2.97. The lowest BCUT2D eigenvalue weighted by Gasteiger charge is -2.47. The smallest absolute Gasteiger partial charge is 0.336 e. The fourth-order valence-electron chi connectivity index (χ4n) is 5.88. The van der Waals surface area contributed by atoms with Crippen molar-refractivity contribution in [3.63, 3.8) is 0 Å². The number of benzene rings is 3. The van der Waals surface area contributed by atoms with Crippen LogP contribution in [0.15, 0.2) is 85.5 Å². The molecule has 0 aromatic heterocycles. The summed E-state index contributed by atoms with van der Waals surface area (Å²) in [4.78, 5) is 31.8. The summed E-state index contributed by atoms with van der Waals surface area (Å²) in [6, 6.07) is 24.0. The summed E-state index contributed by atoms with van der Waals surface area (Å²) in [7, 11) is 0. The van der Waals surface area contributed by atoms with Gasteiger partial charge in [-0.2, -0.15) is 0 Å². The van der Waals surface area contributed by atoms with E-state index in [9.17, 15) is 14.7 Å². The molecule has 1 aliphatic heterocycles. The lowest BCUT2D eigenvalue weighted by molar-refractivity contribution is 0.0307. The number of amides is 1. The molecule has 6 nitrogen and oxygen atoms in total. The molecule has 1 heterocycles. The number of nitrogens with zero attached hydrogens (tertiary/aromatic N) is 3. The molecule has 40 heavy (non-hydrogen) atoms. The SMILES string of the molecule is C=CCN1C[C@H](C)N([C@H](c2ccc(C(=O)N(CC)CC)cc2)c2cccc(-c3ccccc3C(=O)O)c2)C[C@H]1C. The van der Waals surface area contributed by atoms with Crippen molar-refractivity contribution in [2.75, 3.05) is 32.7 Å². The molecule has 0 aliphatic carbocycles. The van der Waals surface area contributed by atoms with Gasteiger partial charge in [0.1, 0.15) is 0 Å². The predicted molar refractivity (Wildman–Crippen MR) is 162 cm³/mol. The Hall–Kier alpha value is -3.74. The van der Waals surface area contributed by atoms with Gasteiger partial charge in [-0.05, 0) is 74.2 Å². The molecule has 1 aliphatic rings. The molecule has 210 valence electrons. The standard InChI is InChI=1S/C34H41N3O3/c1-6-20-36-22-25(5)37(23-24(36)4)32(26-16-18-27(19-17-26)33(38)35(7-2)8-3)29-13-11-12-28(21-29)30-14-9-10-15-31(30)34(39)40/h6,9-19,21,24-25,32H,1,7-8,20,22-23H2,2-5H3,(H,39,40)/t24-,25+,32-/m1/s1. The minimum atomic E-state index is -0.938. The number of aromatic carboxylic acids is 1. The average molecular weight is 540 g/mol. The highest BCUT2D eigenvalue weighted by Crippen LogP contribution is 2.36. The first-order valence-electron chi connectivity index (χ1n) is 14.2. The number of hydrogen-bond donors (Lipinski definition) is 1. The van der Waals surface area contributed by atoms with Crippen molar-refractivity contribution in [3.8, 4) is 11.1 Å². The maximum absolute atomic E-state index is 13.0. The molecule has 3 aromatic carbocycles. The zero-order valence-electron chi connectivity index (χ0n) is 24.1. The van der Waals surface area contributed by atoms with Crippen molar-refractivity contribution in [1.29, 1.82) is 0 Å². The van der Waals surface area contributed by atoms with Gasteiger partial charge in [0.2, 0.25) is 0 Å². The van der Waals surface area contributed by atoms with Crippen molar-refractivity contribution in [1.82, 2.24) is 14.7 Å². The van der Waals surface area contributed by atoms with Gasteiger partial charge in [-0.3, -0.25) is 14.6 Å². The van der Waals surface area contributed by atoms with Crippen LogP contribution in [0.5, 0.6) is 0 Å².